The van der Waals surface area contributed by atoms with E-state index >= 15 is 0 Å². The number of H-pyrrole nitrogens is 2. The first-order valence-corrected chi connectivity index (χ1v) is 10.1. The summed E-state index contributed by atoms with van der Waals surface area (Å²) >= 11 is 0. The predicted octanol–water partition coefficient (Wildman–Crippen LogP) is 6.54. The van der Waals surface area contributed by atoms with Gasteiger partial charge in [-0.3, -0.25) is 0 Å². The van der Waals surface area contributed by atoms with Gasteiger partial charge in [-0.2, -0.15) is 0 Å². The molecule has 144 valence electrons. The highest BCUT2D eigenvalue weighted by molar-refractivity contribution is 6.26. The van der Waals surface area contributed by atoms with Gasteiger partial charge < -0.3 is 9.97 Å². The SMILES string of the molecule is Cc1ncc(-c2ccc3c4ccc(-c5cnc(C)[nH]5)cc4c4ccccc4c3c2)[nH]1. The molecule has 0 aliphatic carbocycles. The third-order valence-corrected chi connectivity index (χ3v) is 5.86. The van der Waals surface area contributed by atoms with Crippen molar-refractivity contribution >= 4 is 32.3 Å². The Morgan fingerprint density at radius 3 is 1.37 bits per heavy atom. The Labute approximate surface area is 173 Å². The lowest BCUT2D eigenvalue weighted by atomic mass is 9.91. The second-order valence-corrected chi connectivity index (χ2v) is 7.83. The molecule has 0 saturated heterocycles. The minimum Gasteiger partial charge on any atom is -0.342 e. The van der Waals surface area contributed by atoms with Crippen LogP contribution in [-0.4, -0.2) is 19.9 Å². The number of aromatic nitrogens is 4. The monoisotopic (exact) mass is 388 g/mol. The van der Waals surface area contributed by atoms with Crippen molar-refractivity contribution in [1.29, 1.82) is 0 Å². The molecule has 0 radical (unpaired) electrons. The fraction of sp³-hybridized carbons (Fsp3) is 0.0769. The molecule has 6 rings (SSSR count). The lowest BCUT2D eigenvalue weighted by Crippen LogP contribution is -1.87. The maximum atomic E-state index is 4.36. The molecule has 0 fully saturated rings. The summed E-state index contributed by atoms with van der Waals surface area (Å²) in [5, 5.41) is 7.56. The van der Waals surface area contributed by atoms with E-state index in [-0.39, 0.29) is 0 Å². The van der Waals surface area contributed by atoms with E-state index in [0.29, 0.717) is 0 Å². The second kappa shape index (κ2) is 6.29. The summed E-state index contributed by atoms with van der Waals surface area (Å²) in [7, 11) is 0. The Hall–Kier alpha value is -3.92. The maximum Gasteiger partial charge on any atom is 0.103 e. The number of hydrogen-bond acceptors (Lipinski definition) is 2. The van der Waals surface area contributed by atoms with Crippen LogP contribution in [-0.2, 0) is 0 Å². The van der Waals surface area contributed by atoms with Crippen LogP contribution in [0.25, 0.3) is 54.8 Å². The Balaban J connectivity index is 1.68. The molecule has 0 amide bonds. The van der Waals surface area contributed by atoms with Crippen LogP contribution in [0.2, 0.25) is 0 Å². The minimum absolute atomic E-state index is 0.926. The van der Waals surface area contributed by atoms with E-state index in [1.807, 2.05) is 26.2 Å². The molecule has 4 heteroatoms. The van der Waals surface area contributed by atoms with Crippen molar-refractivity contribution in [3.63, 3.8) is 0 Å². The summed E-state index contributed by atoms with van der Waals surface area (Å²) in [6.07, 6.45) is 3.80. The smallest absolute Gasteiger partial charge is 0.103 e. The molecular formula is C26H20N4. The van der Waals surface area contributed by atoms with Crippen LogP contribution < -0.4 is 0 Å². The molecule has 0 spiro atoms. The molecular weight excluding hydrogens is 368 g/mol. The van der Waals surface area contributed by atoms with Crippen LogP contribution >= 0.6 is 0 Å². The lowest BCUT2D eigenvalue weighted by molar-refractivity contribution is 1.15. The molecule has 2 aromatic heterocycles. The second-order valence-electron chi connectivity index (χ2n) is 7.83. The Morgan fingerprint density at radius 1 is 0.533 bits per heavy atom. The van der Waals surface area contributed by atoms with Gasteiger partial charge in [0.15, 0.2) is 0 Å². The number of rotatable bonds is 2. The van der Waals surface area contributed by atoms with Gasteiger partial charge >= 0.3 is 0 Å². The molecule has 0 aliphatic heterocycles. The van der Waals surface area contributed by atoms with Crippen molar-refractivity contribution in [2.75, 3.05) is 0 Å². The first-order valence-electron chi connectivity index (χ1n) is 10.1. The van der Waals surface area contributed by atoms with Crippen molar-refractivity contribution < 1.29 is 0 Å². The van der Waals surface area contributed by atoms with E-state index < -0.39 is 0 Å². The molecule has 0 saturated carbocycles. The zero-order valence-corrected chi connectivity index (χ0v) is 16.8. The lowest BCUT2D eigenvalue weighted by Gasteiger charge is -2.12. The molecule has 30 heavy (non-hydrogen) atoms. The van der Waals surface area contributed by atoms with Gasteiger partial charge in [0.2, 0.25) is 0 Å². The predicted molar refractivity (Wildman–Crippen MR) is 124 cm³/mol. The number of imidazole rings is 2. The summed E-state index contributed by atoms with van der Waals surface area (Å²) < 4.78 is 0. The Kier molecular flexibility index (Phi) is 3.56. The van der Waals surface area contributed by atoms with Gasteiger partial charge in [0, 0.05) is 11.1 Å². The quantitative estimate of drug-likeness (QED) is 0.331. The molecule has 4 aromatic carbocycles. The summed E-state index contributed by atoms with van der Waals surface area (Å²) in [4.78, 5) is 15.4. The highest BCUT2D eigenvalue weighted by Crippen LogP contribution is 2.38. The van der Waals surface area contributed by atoms with Crippen LogP contribution in [0.15, 0.2) is 73.1 Å². The van der Waals surface area contributed by atoms with E-state index in [1.54, 1.807) is 0 Å². The Bertz CT molecular complexity index is 1430. The number of aryl methyl sites for hydroxylation is 2. The van der Waals surface area contributed by atoms with Crippen LogP contribution in [0.1, 0.15) is 11.6 Å². The molecule has 0 unspecified atom stereocenters. The third kappa shape index (κ3) is 2.54. The topological polar surface area (TPSA) is 57.4 Å². The van der Waals surface area contributed by atoms with E-state index in [0.717, 1.165) is 34.2 Å². The summed E-state index contributed by atoms with van der Waals surface area (Å²) in [6, 6.07) is 22.0. The standard InChI is InChI=1S/C26H20N4/c1-15-27-13-25(29-15)17-7-9-21-22-10-8-18(26-14-28-16(2)30-26)12-24(22)20-6-4-3-5-19(20)23(21)11-17/h3-14H,1-2H3,(H,27,29)(H,28,30). The number of aromatic amines is 2. The maximum absolute atomic E-state index is 4.36. The van der Waals surface area contributed by atoms with Crippen molar-refractivity contribution in [3.8, 4) is 22.5 Å². The molecule has 2 N–H and O–H groups in total. The molecule has 6 aromatic rings. The molecule has 0 aliphatic rings. The van der Waals surface area contributed by atoms with Gasteiger partial charge in [-0.25, -0.2) is 9.97 Å². The van der Waals surface area contributed by atoms with Gasteiger partial charge in [-0.15, -0.1) is 0 Å². The normalized spacial score (nSPS) is 11.7. The number of nitrogens with zero attached hydrogens (tertiary/aromatic N) is 2. The van der Waals surface area contributed by atoms with E-state index in [9.17, 15) is 0 Å². The first kappa shape index (κ1) is 17.0. The zero-order valence-electron chi connectivity index (χ0n) is 16.8. The van der Waals surface area contributed by atoms with E-state index in [1.165, 1.54) is 32.3 Å². The highest BCUT2D eigenvalue weighted by atomic mass is 14.9. The summed E-state index contributed by atoms with van der Waals surface area (Å²) in [6.45, 7) is 3.96. The van der Waals surface area contributed by atoms with E-state index in [4.69, 9.17) is 0 Å². The van der Waals surface area contributed by atoms with Gasteiger partial charge in [0.1, 0.15) is 11.6 Å². The average molecular weight is 388 g/mol. The number of hydrogen-bond donors (Lipinski definition) is 2. The van der Waals surface area contributed by atoms with Gasteiger partial charge in [-0.05, 0) is 58.3 Å². The fourth-order valence-electron chi connectivity index (χ4n) is 4.43. The first-order chi connectivity index (χ1) is 14.7. The van der Waals surface area contributed by atoms with Crippen molar-refractivity contribution in [1.82, 2.24) is 19.9 Å². The summed E-state index contributed by atoms with van der Waals surface area (Å²) in [5.74, 6) is 1.85. The van der Waals surface area contributed by atoms with Crippen molar-refractivity contribution in [2.45, 2.75) is 13.8 Å². The average Bonchev–Trinajstić information content (AvgIpc) is 3.41. The van der Waals surface area contributed by atoms with Crippen LogP contribution in [0.3, 0.4) is 0 Å². The van der Waals surface area contributed by atoms with Gasteiger partial charge in [0.05, 0.1) is 23.8 Å². The molecule has 4 nitrogen and oxygen atoms in total. The van der Waals surface area contributed by atoms with Gasteiger partial charge in [0.25, 0.3) is 0 Å². The minimum atomic E-state index is 0.926. The zero-order chi connectivity index (χ0) is 20.2. The number of nitrogens with one attached hydrogen (secondary N) is 2. The molecule has 2 heterocycles. The highest BCUT2D eigenvalue weighted by Gasteiger charge is 2.12. The fourth-order valence-corrected chi connectivity index (χ4v) is 4.43. The summed E-state index contributed by atoms with van der Waals surface area (Å²) in [5.41, 5.74) is 4.39. The number of fused-ring (bicyclic) bond motifs is 6. The van der Waals surface area contributed by atoms with Crippen LogP contribution in [0.5, 0.6) is 0 Å². The largest absolute Gasteiger partial charge is 0.342 e. The number of benzene rings is 4. The van der Waals surface area contributed by atoms with Crippen LogP contribution in [0, 0.1) is 13.8 Å². The van der Waals surface area contributed by atoms with Crippen molar-refractivity contribution in [2.24, 2.45) is 0 Å². The molecule has 0 atom stereocenters. The Morgan fingerprint density at radius 2 is 0.967 bits per heavy atom. The van der Waals surface area contributed by atoms with Crippen LogP contribution in [0.4, 0.5) is 0 Å². The van der Waals surface area contributed by atoms with Gasteiger partial charge in [-0.1, -0.05) is 48.5 Å². The van der Waals surface area contributed by atoms with Crippen molar-refractivity contribution in [3.05, 3.63) is 84.7 Å². The molecule has 0 bridgehead atoms. The third-order valence-electron chi connectivity index (χ3n) is 5.86. The van der Waals surface area contributed by atoms with E-state index in [2.05, 4.69) is 80.6 Å².